The summed E-state index contributed by atoms with van der Waals surface area (Å²) in [6.07, 6.45) is 1.76. The molecule has 0 aliphatic rings. The first kappa shape index (κ1) is 10.4. The van der Waals surface area contributed by atoms with Crippen molar-refractivity contribution in [2.45, 2.75) is 34.6 Å². The zero-order chi connectivity index (χ0) is 9.02. The van der Waals surface area contributed by atoms with E-state index in [1.54, 1.807) is 6.08 Å². The molecule has 0 bridgehead atoms. The van der Waals surface area contributed by atoms with Crippen LogP contribution in [0.25, 0.3) is 0 Å². The number of ketones is 1. The van der Waals surface area contributed by atoms with Gasteiger partial charge in [0, 0.05) is 5.92 Å². The van der Waals surface area contributed by atoms with E-state index in [1.807, 2.05) is 20.8 Å². The quantitative estimate of drug-likeness (QED) is 0.571. The summed E-state index contributed by atoms with van der Waals surface area (Å²) in [5.74, 6) is 0.845. The standard InChI is InChI=1S/C10H18O/c1-7(2)9(5)6-10(11)8(3)4/h6-8H,1-5H3/b9-6-. The highest BCUT2D eigenvalue weighted by Gasteiger charge is 2.04. The number of rotatable bonds is 3. The molecular weight excluding hydrogens is 136 g/mol. The highest BCUT2D eigenvalue weighted by molar-refractivity contribution is 5.91. The topological polar surface area (TPSA) is 17.1 Å². The van der Waals surface area contributed by atoms with Crippen LogP contribution in [-0.2, 0) is 4.79 Å². The molecule has 1 nitrogen and oxygen atoms in total. The molecule has 0 aliphatic carbocycles. The summed E-state index contributed by atoms with van der Waals surface area (Å²) < 4.78 is 0. The summed E-state index contributed by atoms with van der Waals surface area (Å²) in [6.45, 7) is 10.0. The fourth-order valence-corrected chi connectivity index (χ4v) is 0.558. The van der Waals surface area contributed by atoms with E-state index in [9.17, 15) is 4.79 Å². The smallest absolute Gasteiger partial charge is 0.158 e. The number of allylic oxidation sites excluding steroid dienone is 2. The molecule has 0 radical (unpaired) electrons. The fraction of sp³-hybridized carbons (Fsp3) is 0.700. The average Bonchev–Trinajstić information content (AvgIpc) is 1.87. The first-order valence-electron chi connectivity index (χ1n) is 4.17. The second-order valence-corrected chi connectivity index (χ2v) is 3.60. The van der Waals surface area contributed by atoms with E-state index in [0.29, 0.717) is 5.92 Å². The van der Waals surface area contributed by atoms with E-state index < -0.39 is 0 Å². The van der Waals surface area contributed by atoms with Crippen LogP contribution in [0.1, 0.15) is 34.6 Å². The van der Waals surface area contributed by atoms with Crippen molar-refractivity contribution in [2.75, 3.05) is 0 Å². The molecule has 64 valence electrons. The molecule has 0 saturated heterocycles. The molecule has 0 atom stereocenters. The molecule has 11 heavy (non-hydrogen) atoms. The Balaban J connectivity index is 4.20. The van der Waals surface area contributed by atoms with Crippen molar-refractivity contribution in [3.8, 4) is 0 Å². The summed E-state index contributed by atoms with van der Waals surface area (Å²) >= 11 is 0. The molecule has 0 aromatic carbocycles. The van der Waals surface area contributed by atoms with Gasteiger partial charge in [-0.1, -0.05) is 33.3 Å². The Labute approximate surface area is 69.5 Å². The normalized spacial score (nSPS) is 12.8. The van der Waals surface area contributed by atoms with Gasteiger partial charge in [0.1, 0.15) is 0 Å². The van der Waals surface area contributed by atoms with Crippen molar-refractivity contribution >= 4 is 5.78 Å². The molecule has 0 saturated carbocycles. The van der Waals surface area contributed by atoms with Crippen LogP contribution < -0.4 is 0 Å². The number of carbonyl (C=O) groups excluding carboxylic acids is 1. The van der Waals surface area contributed by atoms with E-state index in [2.05, 4.69) is 13.8 Å². The molecule has 0 N–H and O–H groups in total. The highest BCUT2D eigenvalue weighted by Crippen LogP contribution is 2.09. The van der Waals surface area contributed by atoms with Gasteiger partial charge in [0.15, 0.2) is 5.78 Å². The minimum atomic E-state index is 0.128. The predicted molar refractivity (Wildman–Crippen MR) is 48.4 cm³/mol. The van der Waals surface area contributed by atoms with E-state index >= 15 is 0 Å². The van der Waals surface area contributed by atoms with Gasteiger partial charge in [-0.2, -0.15) is 0 Å². The van der Waals surface area contributed by atoms with E-state index in [0.717, 1.165) is 0 Å². The summed E-state index contributed by atoms with van der Waals surface area (Å²) in [5.41, 5.74) is 1.17. The zero-order valence-electron chi connectivity index (χ0n) is 8.14. The van der Waals surface area contributed by atoms with Crippen LogP contribution >= 0.6 is 0 Å². The number of carbonyl (C=O) groups is 1. The Morgan fingerprint density at radius 1 is 1.09 bits per heavy atom. The van der Waals surface area contributed by atoms with Crippen LogP contribution in [0.4, 0.5) is 0 Å². The Hall–Kier alpha value is -0.590. The van der Waals surface area contributed by atoms with Crippen LogP contribution in [-0.4, -0.2) is 5.78 Å². The van der Waals surface area contributed by atoms with Crippen molar-refractivity contribution in [3.63, 3.8) is 0 Å². The SMILES string of the molecule is C/C(=C/C(=O)C(C)C)C(C)C. The lowest BCUT2D eigenvalue weighted by Gasteiger charge is -2.05. The maximum absolute atomic E-state index is 11.2. The summed E-state index contributed by atoms with van der Waals surface area (Å²) in [6, 6.07) is 0. The molecule has 0 rings (SSSR count). The number of hydrogen-bond acceptors (Lipinski definition) is 1. The van der Waals surface area contributed by atoms with Crippen molar-refractivity contribution in [2.24, 2.45) is 11.8 Å². The largest absolute Gasteiger partial charge is 0.295 e. The van der Waals surface area contributed by atoms with Crippen molar-refractivity contribution in [1.82, 2.24) is 0 Å². The second kappa shape index (κ2) is 4.32. The minimum absolute atomic E-state index is 0.128. The third-order valence-electron chi connectivity index (χ3n) is 1.85. The summed E-state index contributed by atoms with van der Waals surface area (Å²) in [5, 5.41) is 0. The van der Waals surface area contributed by atoms with Gasteiger partial charge in [0.05, 0.1) is 0 Å². The molecule has 0 aromatic rings. The average molecular weight is 154 g/mol. The number of hydrogen-bond donors (Lipinski definition) is 0. The highest BCUT2D eigenvalue weighted by atomic mass is 16.1. The lowest BCUT2D eigenvalue weighted by molar-refractivity contribution is -0.117. The maximum Gasteiger partial charge on any atom is 0.158 e. The van der Waals surface area contributed by atoms with Gasteiger partial charge in [-0.05, 0) is 18.9 Å². The van der Waals surface area contributed by atoms with E-state index in [4.69, 9.17) is 0 Å². The van der Waals surface area contributed by atoms with Crippen molar-refractivity contribution in [3.05, 3.63) is 11.6 Å². The van der Waals surface area contributed by atoms with E-state index in [1.165, 1.54) is 5.57 Å². The van der Waals surface area contributed by atoms with Crippen LogP contribution in [0.15, 0.2) is 11.6 Å². The third kappa shape index (κ3) is 3.97. The van der Waals surface area contributed by atoms with Crippen molar-refractivity contribution < 1.29 is 4.79 Å². The third-order valence-corrected chi connectivity index (χ3v) is 1.85. The fourth-order valence-electron chi connectivity index (χ4n) is 0.558. The predicted octanol–water partition coefficient (Wildman–Crippen LogP) is 2.81. The second-order valence-electron chi connectivity index (χ2n) is 3.60. The molecule has 0 aliphatic heterocycles. The maximum atomic E-state index is 11.2. The van der Waals surface area contributed by atoms with Crippen LogP contribution in [0.3, 0.4) is 0 Å². The Morgan fingerprint density at radius 2 is 1.55 bits per heavy atom. The molecular formula is C10H18O. The lowest BCUT2D eigenvalue weighted by atomic mass is 10.0. The van der Waals surface area contributed by atoms with Crippen LogP contribution in [0.5, 0.6) is 0 Å². The molecule has 0 spiro atoms. The zero-order valence-corrected chi connectivity index (χ0v) is 8.14. The Kier molecular flexibility index (Phi) is 4.09. The summed E-state index contributed by atoms with van der Waals surface area (Å²) in [4.78, 5) is 11.2. The van der Waals surface area contributed by atoms with Gasteiger partial charge < -0.3 is 0 Å². The molecule has 0 heterocycles. The minimum Gasteiger partial charge on any atom is -0.295 e. The Morgan fingerprint density at radius 3 is 1.82 bits per heavy atom. The van der Waals surface area contributed by atoms with Gasteiger partial charge in [-0.15, -0.1) is 0 Å². The van der Waals surface area contributed by atoms with Gasteiger partial charge in [-0.25, -0.2) is 0 Å². The van der Waals surface area contributed by atoms with Gasteiger partial charge in [-0.3, -0.25) is 4.79 Å². The molecule has 1 heteroatoms. The van der Waals surface area contributed by atoms with Gasteiger partial charge in [0.2, 0.25) is 0 Å². The lowest BCUT2D eigenvalue weighted by Crippen LogP contribution is -2.04. The molecule has 0 aromatic heterocycles. The van der Waals surface area contributed by atoms with E-state index in [-0.39, 0.29) is 11.7 Å². The molecule has 0 amide bonds. The Bertz CT molecular complexity index is 164. The first-order valence-corrected chi connectivity index (χ1v) is 4.17. The van der Waals surface area contributed by atoms with Crippen LogP contribution in [0.2, 0.25) is 0 Å². The van der Waals surface area contributed by atoms with Gasteiger partial charge >= 0.3 is 0 Å². The molecule has 0 fully saturated rings. The monoisotopic (exact) mass is 154 g/mol. The van der Waals surface area contributed by atoms with Crippen molar-refractivity contribution in [1.29, 1.82) is 0 Å². The van der Waals surface area contributed by atoms with Crippen LogP contribution in [0, 0.1) is 11.8 Å². The molecule has 0 unspecified atom stereocenters. The van der Waals surface area contributed by atoms with Gasteiger partial charge in [0.25, 0.3) is 0 Å². The first-order chi connectivity index (χ1) is 4.95. The summed E-state index contributed by atoms with van der Waals surface area (Å²) in [7, 11) is 0.